The Balaban J connectivity index is 1.82. The third-order valence-electron chi connectivity index (χ3n) is 4.71. The van der Waals surface area contributed by atoms with Gasteiger partial charge in [0, 0.05) is 25.2 Å². The fourth-order valence-corrected chi connectivity index (χ4v) is 3.27. The Bertz CT molecular complexity index is 716. The minimum atomic E-state index is 0.0771. The van der Waals surface area contributed by atoms with Gasteiger partial charge in [-0.05, 0) is 55.4 Å². The lowest BCUT2D eigenvalue weighted by Crippen LogP contribution is -2.30. The van der Waals surface area contributed by atoms with Crippen LogP contribution in [0.25, 0.3) is 0 Å². The minimum absolute atomic E-state index is 0.0771. The van der Waals surface area contributed by atoms with E-state index in [0.717, 1.165) is 37.5 Å². The molecule has 1 aliphatic carbocycles. The molecule has 1 aromatic carbocycles. The quantitative estimate of drug-likeness (QED) is 0.350. The summed E-state index contributed by atoms with van der Waals surface area (Å²) in [6.45, 7) is 6.29. The Kier molecular flexibility index (Phi) is 12.1. The highest BCUT2D eigenvalue weighted by Gasteiger charge is 2.08. The van der Waals surface area contributed by atoms with Gasteiger partial charge in [0.25, 0.3) is 5.17 Å². The summed E-state index contributed by atoms with van der Waals surface area (Å²) in [7, 11) is 0. The molecule has 2 N–H and O–H groups in total. The lowest BCUT2D eigenvalue weighted by atomic mass is 10.1. The molecule has 0 saturated heterocycles. The molecule has 0 unspecified atom stereocenters. The molecule has 0 spiro atoms. The Morgan fingerprint density at radius 1 is 1.13 bits per heavy atom. The molecule has 0 aliphatic heterocycles. The first-order chi connectivity index (χ1) is 14.7. The molecule has 1 aliphatic rings. The van der Waals surface area contributed by atoms with E-state index in [0.29, 0.717) is 24.8 Å². The van der Waals surface area contributed by atoms with Crippen LogP contribution >= 0.6 is 12.2 Å². The van der Waals surface area contributed by atoms with Gasteiger partial charge in [-0.1, -0.05) is 49.8 Å². The maximum Gasteiger partial charge on any atom is 0.266 e. The number of hydrogen-bond acceptors (Lipinski definition) is 5. The molecule has 0 radical (unpaired) electrons. The van der Waals surface area contributed by atoms with E-state index in [1.807, 2.05) is 36.4 Å². The summed E-state index contributed by atoms with van der Waals surface area (Å²) in [5, 5.41) is 12.3. The summed E-state index contributed by atoms with van der Waals surface area (Å²) in [5.74, 6) is 0.829. The summed E-state index contributed by atoms with van der Waals surface area (Å²) in [6.07, 6.45) is 12.5. The van der Waals surface area contributed by atoms with Crippen molar-refractivity contribution in [3.8, 4) is 0 Å². The highest BCUT2D eigenvalue weighted by atomic mass is 32.1. The molecule has 0 heterocycles. The maximum atomic E-state index is 8.84. The van der Waals surface area contributed by atoms with Crippen LogP contribution in [0.1, 0.15) is 32.6 Å². The van der Waals surface area contributed by atoms with Crippen LogP contribution < -0.4 is 5.32 Å². The second-order valence-corrected chi connectivity index (χ2v) is 7.51. The molecule has 164 valence electrons. The monoisotopic (exact) mass is 430 g/mol. The molecule has 0 atom stereocenters. The Morgan fingerprint density at radius 3 is 2.73 bits per heavy atom. The van der Waals surface area contributed by atoms with Crippen LogP contribution in [0.2, 0.25) is 0 Å². The third-order valence-corrected chi connectivity index (χ3v) is 4.90. The SMILES string of the molecule is CCCCN(CCOCCO)CCC1=CC=C(OC(=S)Nc2ccccc2)CC=C1. The average molecular weight is 431 g/mol. The van der Waals surface area contributed by atoms with E-state index in [1.165, 1.54) is 18.4 Å². The van der Waals surface area contributed by atoms with Crippen molar-refractivity contribution in [3.63, 3.8) is 0 Å². The molecule has 0 amide bonds. The number of thiocarbonyl (C=S) groups is 1. The topological polar surface area (TPSA) is 54.0 Å². The van der Waals surface area contributed by atoms with Crippen LogP contribution in [0.15, 0.2) is 66.0 Å². The standard InChI is InChI=1S/C24H34N2O3S/c1-2-3-15-26(17-19-28-20-18-27)16-14-21-8-7-11-23(13-12-21)29-24(30)25-22-9-5-4-6-10-22/h4-10,12-13,27H,2-3,11,14-20H2,1H3,(H,25,30). The van der Waals surface area contributed by atoms with Crippen molar-refractivity contribution in [2.24, 2.45) is 0 Å². The zero-order valence-electron chi connectivity index (χ0n) is 17.9. The van der Waals surface area contributed by atoms with Crippen LogP contribution in [-0.2, 0) is 9.47 Å². The summed E-state index contributed by atoms with van der Waals surface area (Å²) in [5.41, 5.74) is 2.19. The van der Waals surface area contributed by atoms with E-state index in [1.54, 1.807) is 0 Å². The Labute approximate surface area is 186 Å². The molecule has 0 saturated carbocycles. The van der Waals surface area contributed by atoms with Crippen LogP contribution in [0, 0.1) is 0 Å². The van der Waals surface area contributed by atoms with Crippen molar-refractivity contribution in [2.45, 2.75) is 32.6 Å². The van der Waals surface area contributed by atoms with Crippen molar-refractivity contribution in [1.29, 1.82) is 0 Å². The van der Waals surface area contributed by atoms with Gasteiger partial charge in [-0.3, -0.25) is 0 Å². The molecule has 0 bridgehead atoms. The summed E-state index contributed by atoms with van der Waals surface area (Å²) < 4.78 is 11.3. The van der Waals surface area contributed by atoms with E-state index in [2.05, 4.69) is 35.4 Å². The number of para-hydroxylation sites is 1. The van der Waals surface area contributed by atoms with Gasteiger partial charge >= 0.3 is 0 Å². The van der Waals surface area contributed by atoms with E-state index >= 15 is 0 Å². The molecule has 30 heavy (non-hydrogen) atoms. The van der Waals surface area contributed by atoms with Crippen molar-refractivity contribution in [3.05, 3.63) is 66.0 Å². The van der Waals surface area contributed by atoms with Crippen LogP contribution in [0.3, 0.4) is 0 Å². The van der Waals surface area contributed by atoms with Crippen molar-refractivity contribution < 1.29 is 14.6 Å². The predicted molar refractivity (Wildman–Crippen MR) is 128 cm³/mol. The second kappa shape index (κ2) is 14.9. The number of ether oxygens (including phenoxy) is 2. The maximum absolute atomic E-state index is 8.84. The first-order valence-corrected chi connectivity index (χ1v) is 11.1. The molecule has 5 nitrogen and oxygen atoms in total. The summed E-state index contributed by atoms with van der Waals surface area (Å²) in [4.78, 5) is 2.43. The number of benzene rings is 1. The fraction of sp³-hybridized carbons (Fsp3) is 0.458. The van der Waals surface area contributed by atoms with Crippen molar-refractivity contribution in [2.75, 3.05) is 44.8 Å². The number of allylic oxidation sites excluding steroid dienone is 4. The normalized spacial score (nSPS) is 13.6. The lowest BCUT2D eigenvalue weighted by molar-refractivity contribution is 0.0735. The molecule has 0 fully saturated rings. The highest BCUT2D eigenvalue weighted by Crippen LogP contribution is 2.17. The molecular formula is C24H34N2O3S. The van der Waals surface area contributed by atoms with Gasteiger partial charge < -0.3 is 24.8 Å². The Hall–Kier alpha value is -1.99. The molecule has 1 aromatic rings. The summed E-state index contributed by atoms with van der Waals surface area (Å²) in [6, 6.07) is 9.78. The van der Waals surface area contributed by atoms with Gasteiger partial charge in [0.1, 0.15) is 5.76 Å². The van der Waals surface area contributed by atoms with E-state index in [9.17, 15) is 0 Å². The zero-order chi connectivity index (χ0) is 21.4. The number of aliphatic hydroxyl groups excluding tert-OH is 1. The number of nitrogens with one attached hydrogen (secondary N) is 1. The van der Waals surface area contributed by atoms with Crippen LogP contribution in [-0.4, -0.2) is 54.6 Å². The number of aliphatic hydroxyl groups is 1. The Morgan fingerprint density at radius 2 is 1.97 bits per heavy atom. The smallest absolute Gasteiger partial charge is 0.266 e. The molecule has 0 aromatic heterocycles. The molecular weight excluding hydrogens is 396 g/mol. The number of rotatable bonds is 13. The predicted octanol–water partition coefficient (Wildman–Crippen LogP) is 4.67. The van der Waals surface area contributed by atoms with Gasteiger partial charge in [-0.25, -0.2) is 0 Å². The second-order valence-electron chi connectivity index (χ2n) is 7.14. The largest absolute Gasteiger partial charge is 0.436 e. The van der Waals surface area contributed by atoms with Gasteiger partial charge in [0.05, 0.1) is 19.8 Å². The van der Waals surface area contributed by atoms with Crippen LogP contribution in [0.5, 0.6) is 0 Å². The first kappa shape index (κ1) is 24.3. The molecule has 6 heteroatoms. The molecule has 2 rings (SSSR count). The van der Waals surface area contributed by atoms with E-state index < -0.39 is 0 Å². The third kappa shape index (κ3) is 10.2. The van der Waals surface area contributed by atoms with Gasteiger partial charge in [-0.15, -0.1) is 0 Å². The van der Waals surface area contributed by atoms with E-state index in [4.69, 9.17) is 26.8 Å². The van der Waals surface area contributed by atoms with Crippen LogP contribution in [0.4, 0.5) is 5.69 Å². The minimum Gasteiger partial charge on any atom is -0.436 e. The van der Waals surface area contributed by atoms with Crippen molar-refractivity contribution in [1.82, 2.24) is 4.90 Å². The zero-order valence-corrected chi connectivity index (χ0v) is 18.7. The average Bonchev–Trinajstić information content (AvgIpc) is 2.98. The lowest BCUT2D eigenvalue weighted by Gasteiger charge is -2.22. The van der Waals surface area contributed by atoms with E-state index in [-0.39, 0.29) is 6.61 Å². The first-order valence-electron chi connectivity index (χ1n) is 10.7. The van der Waals surface area contributed by atoms with Gasteiger partial charge in [-0.2, -0.15) is 0 Å². The fourth-order valence-electron chi connectivity index (χ4n) is 3.04. The van der Waals surface area contributed by atoms with Crippen molar-refractivity contribution >= 4 is 23.1 Å². The van der Waals surface area contributed by atoms with Gasteiger partial charge in [0.15, 0.2) is 0 Å². The number of unbranched alkanes of at least 4 members (excludes halogenated alkanes) is 1. The number of nitrogens with zero attached hydrogens (tertiary/aromatic N) is 1. The number of anilines is 1. The highest BCUT2D eigenvalue weighted by molar-refractivity contribution is 7.80. The number of hydrogen-bond donors (Lipinski definition) is 2. The summed E-state index contributed by atoms with van der Waals surface area (Å²) >= 11 is 5.32. The van der Waals surface area contributed by atoms with Gasteiger partial charge in [0.2, 0.25) is 0 Å².